The van der Waals surface area contributed by atoms with Gasteiger partial charge in [0.05, 0.1) is 23.2 Å². The van der Waals surface area contributed by atoms with E-state index < -0.39 is 5.95 Å². The summed E-state index contributed by atoms with van der Waals surface area (Å²) in [6.45, 7) is -0.0120. The van der Waals surface area contributed by atoms with Gasteiger partial charge in [-0.2, -0.15) is 4.39 Å². The van der Waals surface area contributed by atoms with Crippen LogP contribution in [0.15, 0.2) is 36.5 Å². The van der Waals surface area contributed by atoms with Crippen LogP contribution in [0.1, 0.15) is 17.8 Å². The smallest absolute Gasteiger partial charge is 0.239 e. The van der Waals surface area contributed by atoms with E-state index in [1.165, 1.54) is 23.6 Å². The number of thiazole rings is 1. The first-order chi connectivity index (χ1) is 13.1. The topological polar surface area (TPSA) is 84.0 Å². The van der Waals surface area contributed by atoms with E-state index in [4.69, 9.17) is 0 Å². The van der Waals surface area contributed by atoms with Gasteiger partial charge in [-0.05, 0) is 42.7 Å². The fourth-order valence-electron chi connectivity index (χ4n) is 2.66. The number of hydrogen-bond donors (Lipinski definition) is 2. The predicted molar refractivity (Wildman–Crippen MR) is 101 cm³/mol. The highest BCUT2D eigenvalue weighted by molar-refractivity contribution is 7.18. The molecule has 0 atom stereocenters. The molecule has 0 saturated heterocycles. The number of halogens is 1. The lowest BCUT2D eigenvalue weighted by atomic mass is 10.1. The van der Waals surface area contributed by atoms with Crippen molar-refractivity contribution >= 4 is 33.4 Å². The zero-order valence-corrected chi connectivity index (χ0v) is 15.2. The van der Waals surface area contributed by atoms with Crippen molar-refractivity contribution in [2.75, 3.05) is 6.54 Å². The molecule has 2 amide bonds. The molecule has 1 saturated carbocycles. The molecule has 2 heterocycles. The zero-order chi connectivity index (χ0) is 18.8. The summed E-state index contributed by atoms with van der Waals surface area (Å²) in [6.07, 6.45) is 3.64. The van der Waals surface area contributed by atoms with E-state index in [0.717, 1.165) is 34.2 Å². The zero-order valence-electron chi connectivity index (χ0n) is 14.4. The molecule has 2 aromatic heterocycles. The molecule has 2 N–H and O–H groups in total. The van der Waals surface area contributed by atoms with Crippen LogP contribution in [0.2, 0.25) is 0 Å². The Kier molecular flexibility index (Phi) is 4.81. The number of amides is 2. The average molecular weight is 384 g/mol. The molecule has 1 fully saturated rings. The minimum absolute atomic E-state index is 0.0120. The molecule has 3 aromatic rings. The maximum absolute atomic E-state index is 13.0. The molecule has 27 heavy (non-hydrogen) atoms. The largest absolute Gasteiger partial charge is 0.352 e. The predicted octanol–water partition coefficient (Wildman–Crippen LogP) is 2.43. The van der Waals surface area contributed by atoms with Gasteiger partial charge in [0.1, 0.15) is 5.01 Å². The SMILES string of the molecule is O=C(Cc1nc2ccc(-c3ccc(F)nc3)cc2s1)NCC(=O)NC1CC1. The van der Waals surface area contributed by atoms with Gasteiger partial charge in [-0.1, -0.05) is 6.07 Å². The lowest BCUT2D eigenvalue weighted by Gasteiger charge is -2.04. The van der Waals surface area contributed by atoms with Crippen LogP contribution in [0, 0.1) is 5.95 Å². The van der Waals surface area contributed by atoms with Crippen molar-refractivity contribution < 1.29 is 14.0 Å². The first-order valence-corrected chi connectivity index (χ1v) is 9.46. The highest BCUT2D eigenvalue weighted by Gasteiger charge is 2.23. The number of aromatic nitrogens is 2. The number of nitrogens with zero attached hydrogens (tertiary/aromatic N) is 2. The normalized spacial score (nSPS) is 13.5. The molecule has 0 bridgehead atoms. The third kappa shape index (κ3) is 4.46. The van der Waals surface area contributed by atoms with Gasteiger partial charge in [0.25, 0.3) is 0 Å². The number of fused-ring (bicyclic) bond motifs is 1. The van der Waals surface area contributed by atoms with E-state index in [9.17, 15) is 14.0 Å². The van der Waals surface area contributed by atoms with Crippen LogP contribution in [0.5, 0.6) is 0 Å². The van der Waals surface area contributed by atoms with Gasteiger partial charge >= 0.3 is 0 Å². The molecule has 0 spiro atoms. The second-order valence-electron chi connectivity index (χ2n) is 6.45. The summed E-state index contributed by atoms with van der Waals surface area (Å²) in [5.74, 6) is -0.910. The van der Waals surface area contributed by atoms with Gasteiger partial charge in [0, 0.05) is 17.8 Å². The summed E-state index contributed by atoms with van der Waals surface area (Å²) >= 11 is 1.43. The monoisotopic (exact) mass is 384 g/mol. The number of nitrogens with one attached hydrogen (secondary N) is 2. The number of carbonyl (C=O) groups excluding carboxylic acids is 2. The van der Waals surface area contributed by atoms with Crippen LogP contribution < -0.4 is 10.6 Å². The minimum atomic E-state index is -0.517. The molecule has 4 rings (SSSR count). The quantitative estimate of drug-likeness (QED) is 0.640. The standard InChI is InChI=1S/C19H17FN4O2S/c20-16-6-2-12(9-21-16)11-1-5-14-15(7-11)27-19(24-14)8-17(25)22-10-18(26)23-13-3-4-13/h1-2,5-7,9,13H,3-4,8,10H2,(H,22,25)(H,23,26). The third-order valence-corrected chi connectivity index (χ3v) is 5.21. The molecule has 1 aromatic carbocycles. The van der Waals surface area contributed by atoms with Gasteiger partial charge in [-0.3, -0.25) is 9.59 Å². The Hall–Kier alpha value is -2.87. The van der Waals surface area contributed by atoms with E-state index in [0.29, 0.717) is 5.01 Å². The van der Waals surface area contributed by atoms with Crippen LogP contribution >= 0.6 is 11.3 Å². The Morgan fingerprint density at radius 1 is 1.15 bits per heavy atom. The molecular formula is C19H17FN4O2S. The molecule has 1 aliphatic rings. The van der Waals surface area contributed by atoms with E-state index >= 15 is 0 Å². The Balaban J connectivity index is 1.41. The Morgan fingerprint density at radius 3 is 2.70 bits per heavy atom. The van der Waals surface area contributed by atoms with Crippen molar-refractivity contribution in [3.8, 4) is 11.1 Å². The van der Waals surface area contributed by atoms with Crippen LogP contribution in [-0.2, 0) is 16.0 Å². The van der Waals surface area contributed by atoms with Gasteiger partial charge in [0.2, 0.25) is 17.8 Å². The summed E-state index contributed by atoms with van der Waals surface area (Å²) in [5.41, 5.74) is 2.52. The Labute approximate surface area is 158 Å². The highest BCUT2D eigenvalue weighted by atomic mass is 32.1. The summed E-state index contributed by atoms with van der Waals surface area (Å²) < 4.78 is 13.9. The molecule has 0 unspecified atom stereocenters. The molecule has 1 aliphatic carbocycles. The number of rotatable bonds is 6. The van der Waals surface area contributed by atoms with E-state index in [1.807, 2.05) is 18.2 Å². The van der Waals surface area contributed by atoms with Crippen molar-refractivity contribution in [2.45, 2.75) is 25.3 Å². The van der Waals surface area contributed by atoms with Crippen LogP contribution in [0.3, 0.4) is 0 Å². The molecule has 0 radical (unpaired) electrons. The first kappa shape index (κ1) is 17.5. The van der Waals surface area contributed by atoms with E-state index in [2.05, 4.69) is 20.6 Å². The van der Waals surface area contributed by atoms with Gasteiger partial charge in [-0.25, -0.2) is 9.97 Å². The lowest BCUT2D eigenvalue weighted by molar-refractivity contribution is -0.125. The Morgan fingerprint density at radius 2 is 1.96 bits per heavy atom. The molecule has 8 heteroatoms. The van der Waals surface area contributed by atoms with Crippen molar-refractivity contribution in [1.82, 2.24) is 20.6 Å². The maximum Gasteiger partial charge on any atom is 0.239 e. The second kappa shape index (κ2) is 7.40. The van der Waals surface area contributed by atoms with Gasteiger partial charge in [-0.15, -0.1) is 11.3 Å². The fraction of sp³-hybridized carbons (Fsp3) is 0.263. The maximum atomic E-state index is 13.0. The number of carbonyl (C=O) groups is 2. The molecule has 6 nitrogen and oxygen atoms in total. The van der Waals surface area contributed by atoms with Gasteiger partial charge < -0.3 is 10.6 Å². The molecular weight excluding hydrogens is 367 g/mol. The number of benzene rings is 1. The van der Waals surface area contributed by atoms with Crippen molar-refractivity contribution in [3.63, 3.8) is 0 Å². The van der Waals surface area contributed by atoms with Crippen LogP contribution in [0.25, 0.3) is 21.3 Å². The van der Waals surface area contributed by atoms with Crippen LogP contribution in [0.4, 0.5) is 4.39 Å². The first-order valence-electron chi connectivity index (χ1n) is 8.64. The molecule has 0 aliphatic heterocycles. The third-order valence-electron chi connectivity index (χ3n) is 4.19. The van der Waals surface area contributed by atoms with Crippen molar-refractivity contribution in [2.24, 2.45) is 0 Å². The number of hydrogen-bond acceptors (Lipinski definition) is 5. The summed E-state index contributed by atoms with van der Waals surface area (Å²) in [7, 11) is 0. The number of pyridine rings is 1. The Bertz CT molecular complexity index is 999. The van der Waals surface area contributed by atoms with Crippen LogP contribution in [-0.4, -0.2) is 34.4 Å². The second-order valence-corrected chi connectivity index (χ2v) is 7.57. The lowest BCUT2D eigenvalue weighted by Crippen LogP contribution is -2.38. The fourth-order valence-corrected chi connectivity index (χ4v) is 3.66. The molecule has 138 valence electrons. The van der Waals surface area contributed by atoms with E-state index in [1.54, 1.807) is 6.07 Å². The van der Waals surface area contributed by atoms with Crippen molar-refractivity contribution in [3.05, 3.63) is 47.5 Å². The van der Waals surface area contributed by atoms with Gasteiger partial charge in [0.15, 0.2) is 0 Å². The minimum Gasteiger partial charge on any atom is -0.352 e. The van der Waals surface area contributed by atoms with Crippen molar-refractivity contribution in [1.29, 1.82) is 0 Å². The summed E-state index contributed by atoms with van der Waals surface area (Å²) in [5, 5.41) is 6.13. The average Bonchev–Trinajstić information content (AvgIpc) is 3.37. The summed E-state index contributed by atoms with van der Waals surface area (Å²) in [6, 6.07) is 8.99. The van der Waals surface area contributed by atoms with E-state index in [-0.39, 0.29) is 30.8 Å². The summed E-state index contributed by atoms with van der Waals surface area (Å²) in [4.78, 5) is 31.8. The highest BCUT2D eigenvalue weighted by Crippen LogP contribution is 2.28.